The maximum atomic E-state index is 12.1. The average molecular weight is 340 g/mol. The number of ether oxygens (including phenoxy) is 1. The van der Waals surface area contributed by atoms with Crippen LogP contribution in [-0.4, -0.2) is 30.8 Å². The quantitative estimate of drug-likeness (QED) is 0.865. The van der Waals surface area contributed by atoms with Crippen molar-refractivity contribution in [1.29, 1.82) is 0 Å². The summed E-state index contributed by atoms with van der Waals surface area (Å²) < 4.78 is 6.53. The van der Waals surface area contributed by atoms with Gasteiger partial charge in [0.15, 0.2) is 0 Å². The first-order valence-electron chi connectivity index (χ1n) is 6.62. The fraction of sp³-hybridized carbons (Fsp3) is 0.400. The van der Waals surface area contributed by atoms with Crippen molar-refractivity contribution < 1.29 is 14.6 Å². The molecule has 0 fully saturated rings. The first kappa shape index (κ1) is 15.1. The summed E-state index contributed by atoms with van der Waals surface area (Å²) in [5, 5.41) is 11.7. The minimum Gasteiger partial charge on any atom is -0.488 e. The second-order valence-corrected chi connectivity index (χ2v) is 5.88. The van der Waals surface area contributed by atoms with Crippen molar-refractivity contribution in [3.05, 3.63) is 33.8 Å². The number of fused-ring (bicyclic) bond motifs is 1. The minimum absolute atomic E-state index is 0.111. The summed E-state index contributed by atoms with van der Waals surface area (Å²) in [5.74, 6) is 0.939. The molecule has 0 bridgehead atoms. The van der Waals surface area contributed by atoms with Crippen molar-refractivity contribution in [2.45, 2.75) is 13.3 Å². The van der Waals surface area contributed by atoms with Gasteiger partial charge in [-0.2, -0.15) is 0 Å². The van der Waals surface area contributed by atoms with Crippen molar-refractivity contribution >= 4 is 27.9 Å². The molecular weight excluding hydrogens is 322 g/mol. The predicted molar refractivity (Wildman–Crippen MR) is 81.5 cm³/mol. The number of amides is 1. The molecule has 1 aromatic rings. The molecule has 1 unspecified atom stereocenters. The number of carbonyl (C=O) groups excluding carboxylic acids is 1. The third-order valence-corrected chi connectivity index (χ3v) is 3.70. The summed E-state index contributed by atoms with van der Waals surface area (Å²) in [6.45, 7) is 2.98. The zero-order chi connectivity index (χ0) is 14.5. The summed E-state index contributed by atoms with van der Waals surface area (Å²) in [4.78, 5) is 12.1. The van der Waals surface area contributed by atoms with E-state index in [0.717, 1.165) is 15.8 Å². The molecule has 1 atom stereocenters. The first-order valence-corrected chi connectivity index (χ1v) is 7.41. The van der Waals surface area contributed by atoms with Crippen LogP contribution in [0.25, 0.3) is 6.08 Å². The maximum absolute atomic E-state index is 12.1. The molecular formula is C15H18BrNO3. The van der Waals surface area contributed by atoms with E-state index in [4.69, 9.17) is 9.84 Å². The highest BCUT2D eigenvalue weighted by molar-refractivity contribution is 9.10. The number of hydrogen-bond donors (Lipinski definition) is 2. The Morgan fingerprint density at radius 2 is 2.35 bits per heavy atom. The molecule has 5 heteroatoms. The van der Waals surface area contributed by atoms with E-state index in [1.54, 1.807) is 0 Å². The molecule has 0 spiro atoms. The van der Waals surface area contributed by atoms with Gasteiger partial charge in [0.25, 0.3) is 5.91 Å². The van der Waals surface area contributed by atoms with Crippen molar-refractivity contribution in [2.24, 2.45) is 5.92 Å². The van der Waals surface area contributed by atoms with Gasteiger partial charge in [-0.25, -0.2) is 0 Å². The Labute approximate surface area is 127 Å². The number of aliphatic hydroxyl groups excluding tert-OH is 1. The number of aliphatic hydroxyl groups is 1. The maximum Gasteiger partial charge on any atom is 0.250 e. The fourth-order valence-corrected chi connectivity index (χ4v) is 2.36. The standard InChI is InChI=1S/C15H18BrNO3/c1-10(4-5-18)8-17-15(19)12-6-11-7-13(16)2-3-14(11)20-9-12/h2-3,6-7,10,18H,4-5,8-9H2,1H3,(H,17,19). The van der Waals surface area contributed by atoms with Gasteiger partial charge in [-0.15, -0.1) is 0 Å². The molecule has 0 saturated heterocycles. The fourth-order valence-electron chi connectivity index (χ4n) is 1.98. The third kappa shape index (κ3) is 3.84. The Kier molecular flexibility index (Phi) is 5.20. The molecule has 1 heterocycles. The number of nitrogens with one attached hydrogen (secondary N) is 1. The molecule has 20 heavy (non-hydrogen) atoms. The monoisotopic (exact) mass is 339 g/mol. The van der Waals surface area contributed by atoms with Gasteiger partial charge in [0.05, 0.1) is 5.57 Å². The van der Waals surface area contributed by atoms with Crippen LogP contribution >= 0.6 is 15.9 Å². The minimum atomic E-state index is -0.111. The predicted octanol–water partition coefficient (Wildman–Crippen LogP) is 2.36. The summed E-state index contributed by atoms with van der Waals surface area (Å²) in [5.41, 5.74) is 1.52. The molecule has 108 valence electrons. The van der Waals surface area contributed by atoms with Crippen molar-refractivity contribution in [2.75, 3.05) is 19.8 Å². The van der Waals surface area contributed by atoms with E-state index < -0.39 is 0 Å². The molecule has 0 aliphatic carbocycles. The molecule has 2 rings (SSSR count). The van der Waals surface area contributed by atoms with Crippen LogP contribution < -0.4 is 10.1 Å². The van der Waals surface area contributed by atoms with Crippen molar-refractivity contribution in [1.82, 2.24) is 5.32 Å². The zero-order valence-corrected chi connectivity index (χ0v) is 12.9. The topological polar surface area (TPSA) is 58.6 Å². The van der Waals surface area contributed by atoms with Gasteiger partial charge in [-0.1, -0.05) is 22.9 Å². The summed E-state index contributed by atoms with van der Waals surface area (Å²) in [6.07, 6.45) is 2.54. The molecule has 0 saturated carbocycles. The number of carbonyl (C=O) groups is 1. The summed E-state index contributed by atoms with van der Waals surface area (Å²) >= 11 is 3.41. The van der Waals surface area contributed by atoms with Gasteiger partial charge in [0.1, 0.15) is 12.4 Å². The smallest absolute Gasteiger partial charge is 0.250 e. The van der Waals surface area contributed by atoms with E-state index in [2.05, 4.69) is 21.2 Å². The third-order valence-electron chi connectivity index (χ3n) is 3.21. The normalized spacial score (nSPS) is 14.8. The summed E-state index contributed by atoms with van der Waals surface area (Å²) in [6, 6.07) is 5.72. The summed E-state index contributed by atoms with van der Waals surface area (Å²) in [7, 11) is 0. The Bertz CT molecular complexity index is 528. The Morgan fingerprint density at radius 3 is 3.10 bits per heavy atom. The molecule has 1 aliphatic rings. The van der Waals surface area contributed by atoms with E-state index >= 15 is 0 Å². The Morgan fingerprint density at radius 1 is 1.55 bits per heavy atom. The largest absolute Gasteiger partial charge is 0.488 e. The van der Waals surface area contributed by atoms with Gasteiger partial charge < -0.3 is 15.2 Å². The lowest BCUT2D eigenvalue weighted by molar-refractivity contribution is -0.118. The molecule has 0 aromatic heterocycles. The average Bonchev–Trinajstić information content (AvgIpc) is 2.44. The Hall–Kier alpha value is -1.33. The van der Waals surface area contributed by atoms with Crippen LogP contribution in [0, 0.1) is 5.92 Å². The van der Waals surface area contributed by atoms with Gasteiger partial charge in [0, 0.05) is 23.2 Å². The molecule has 4 nitrogen and oxygen atoms in total. The van der Waals surface area contributed by atoms with E-state index in [1.807, 2.05) is 31.2 Å². The van der Waals surface area contributed by atoms with E-state index in [1.165, 1.54) is 0 Å². The second-order valence-electron chi connectivity index (χ2n) is 4.97. The first-order chi connectivity index (χ1) is 9.60. The van der Waals surface area contributed by atoms with Crippen LogP contribution in [-0.2, 0) is 4.79 Å². The van der Waals surface area contributed by atoms with Crippen LogP contribution in [0.2, 0.25) is 0 Å². The van der Waals surface area contributed by atoms with E-state index in [-0.39, 0.29) is 25.0 Å². The molecule has 1 amide bonds. The highest BCUT2D eigenvalue weighted by Crippen LogP contribution is 2.29. The number of rotatable bonds is 5. The van der Waals surface area contributed by atoms with Crippen LogP contribution in [0.5, 0.6) is 5.75 Å². The molecule has 1 aliphatic heterocycles. The van der Waals surface area contributed by atoms with Crippen molar-refractivity contribution in [3.8, 4) is 5.75 Å². The lowest BCUT2D eigenvalue weighted by atomic mass is 10.1. The van der Waals surface area contributed by atoms with Crippen LogP contribution in [0.3, 0.4) is 0 Å². The Balaban J connectivity index is 2.01. The zero-order valence-electron chi connectivity index (χ0n) is 11.4. The van der Waals surface area contributed by atoms with Gasteiger partial charge in [0.2, 0.25) is 0 Å². The van der Waals surface area contributed by atoms with E-state index in [0.29, 0.717) is 18.5 Å². The van der Waals surface area contributed by atoms with Gasteiger partial charge in [-0.3, -0.25) is 4.79 Å². The highest BCUT2D eigenvalue weighted by Gasteiger charge is 2.17. The van der Waals surface area contributed by atoms with Gasteiger partial charge >= 0.3 is 0 Å². The number of halogens is 1. The van der Waals surface area contributed by atoms with Crippen LogP contribution in [0.4, 0.5) is 0 Å². The number of hydrogen-bond acceptors (Lipinski definition) is 3. The SMILES string of the molecule is CC(CCO)CNC(=O)C1=Cc2cc(Br)ccc2OC1. The van der Waals surface area contributed by atoms with Crippen LogP contribution in [0.15, 0.2) is 28.2 Å². The lowest BCUT2D eigenvalue weighted by Crippen LogP contribution is -2.32. The van der Waals surface area contributed by atoms with E-state index in [9.17, 15) is 4.79 Å². The molecule has 2 N–H and O–H groups in total. The van der Waals surface area contributed by atoms with Gasteiger partial charge in [-0.05, 0) is 36.6 Å². The lowest BCUT2D eigenvalue weighted by Gasteiger charge is -2.18. The molecule has 0 radical (unpaired) electrons. The van der Waals surface area contributed by atoms with Crippen molar-refractivity contribution in [3.63, 3.8) is 0 Å². The number of benzene rings is 1. The highest BCUT2D eigenvalue weighted by atomic mass is 79.9. The van der Waals surface area contributed by atoms with Crippen LogP contribution in [0.1, 0.15) is 18.9 Å². The molecule has 1 aromatic carbocycles. The second kappa shape index (κ2) is 6.90.